The van der Waals surface area contributed by atoms with Crippen LogP contribution < -0.4 is 5.32 Å². The molecule has 0 aliphatic rings. The number of anilines is 2. The molecule has 1 N–H and O–H groups in total. The number of halogens is 1. The lowest BCUT2D eigenvalue weighted by Crippen LogP contribution is -2.10. The van der Waals surface area contributed by atoms with Crippen LogP contribution in [0.15, 0.2) is 11.4 Å². The average Bonchev–Trinajstić information content (AvgIpc) is 2.74. The van der Waals surface area contributed by atoms with Crippen molar-refractivity contribution in [2.45, 2.75) is 19.9 Å². The van der Waals surface area contributed by atoms with Crippen molar-refractivity contribution in [3.05, 3.63) is 28.1 Å². The van der Waals surface area contributed by atoms with Crippen LogP contribution in [-0.2, 0) is 13.0 Å². The third-order valence-corrected chi connectivity index (χ3v) is 3.32. The van der Waals surface area contributed by atoms with E-state index in [2.05, 4.69) is 25.2 Å². The van der Waals surface area contributed by atoms with Gasteiger partial charge in [-0.05, 0) is 14.1 Å². The van der Waals surface area contributed by atoms with E-state index in [9.17, 15) is 0 Å². The van der Waals surface area contributed by atoms with E-state index in [4.69, 9.17) is 11.6 Å². The molecule has 2 aromatic rings. The quantitative estimate of drug-likeness (QED) is 0.860. The summed E-state index contributed by atoms with van der Waals surface area (Å²) < 4.78 is 0. The van der Waals surface area contributed by atoms with E-state index < -0.39 is 0 Å². The Kier molecular flexibility index (Phi) is 4.68. The number of aryl methyl sites for hydroxylation is 1. The molecule has 2 aromatic heterocycles. The molecule has 7 heteroatoms. The fourth-order valence-corrected chi connectivity index (χ4v) is 2.47. The number of rotatable bonds is 5. The fourth-order valence-electron chi connectivity index (χ4n) is 1.56. The van der Waals surface area contributed by atoms with Crippen molar-refractivity contribution < 1.29 is 0 Å². The van der Waals surface area contributed by atoms with E-state index >= 15 is 0 Å². The highest BCUT2D eigenvalue weighted by atomic mass is 35.5. The molecule has 5 nitrogen and oxygen atoms in total. The van der Waals surface area contributed by atoms with Gasteiger partial charge in [0.15, 0.2) is 5.13 Å². The molecule has 0 saturated heterocycles. The maximum Gasteiger partial charge on any atom is 0.188 e. The van der Waals surface area contributed by atoms with Gasteiger partial charge in [-0.2, -0.15) is 0 Å². The van der Waals surface area contributed by atoms with Crippen LogP contribution in [0.1, 0.15) is 18.4 Å². The molecule has 2 rings (SSSR count). The van der Waals surface area contributed by atoms with Gasteiger partial charge in [0, 0.05) is 24.4 Å². The highest BCUT2D eigenvalue weighted by Crippen LogP contribution is 2.21. The Morgan fingerprint density at radius 3 is 2.79 bits per heavy atom. The predicted molar refractivity (Wildman–Crippen MR) is 79.2 cm³/mol. The minimum atomic E-state index is 0.444. The minimum absolute atomic E-state index is 0.444. The molecule has 0 amide bonds. The Morgan fingerprint density at radius 1 is 1.32 bits per heavy atom. The summed E-state index contributed by atoms with van der Waals surface area (Å²) >= 11 is 7.51. The second kappa shape index (κ2) is 6.27. The number of hydrogen-bond donors (Lipinski definition) is 1. The molecule has 19 heavy (non-hydrogen) atoms. The highest BCUT2D eigenvalue weighted by Gasteiger charge is 2.06. The van der Waals surface area contributed by atoms with Gasteiger partial charge < -0.3 is 10.2 Å². The van der Waals surface area contributed by atoms with Crippen LogP contribution in [0.25, 0.3) is 0 Å². The van der Waals surface area contributed by atoms with Gasteiger partial charge in [-0.1, -0.05) is 18.5 Å². The summed E-state index contributed by atoms with van der Waals surface area (Å²) in [6.07, 6.45) is 0.749. The monoisotopic (exact) mass is 297 g/mol. The number of aromatic nitrogens is 3. The van der Waals surface area contributed by atoms with Crippen LogP contribution in [0.5, 0.6) is 0 Å². The fraction of sp³-hybridized carbons (Fsp3) is 0.417. The first kappa shape index (κ1) is 14.2. The van der Waals surface area contributed by atoms with E-state index in [0.717, 1.165) is 29.6 Å². The molecule has 0 unspecified atom stereocenters. The second-order valence-electron chi connectivity index (χ2n) is 4.35. The maximum absolute atomic E-state index is 5.95. The van der Waals surface area contributed by atoms with Crippen molar-refractivity contribution in [2.24, 2.45) is 0 Å². The summed E-state index contributed by atoms with van der Waals surface area (Å²) in [5.74, 6) is 1.41. The normalized spacial score (nSPS) is 11.0. The summed E-state index contributed by atoms with van der Waals surface area (Å²) in [4.78, 5) is 15.1. The molecule has 102 valence electrons. The topological polar surface area (TPSA) is 53.9 Å². The summed E-state index contributed by atoms with van der Waals surface area (Å²) in [7, 11) is 4.04. The Morgan fingerprint density at radius 2 is 2.11 bits per heavy atom. The van der Waals surface area contributed by atoms with Crippen molar-refractivity contribution in [3.8, 4) is 0 Å². The summed E-state index contributed by atoms with van der Waals surface area (Å²) in [6.45, 7) is 2.82. The van der Waals surface area contributed by atoms with Crippen LogP contribution in [0.2, 0.25) is 5.15 Å². The zero-order chi connectivity index (χ0) is 13.8. The van der Waals surface area contributed by atoms with Crippen LogP contribution in [0.3, 0.4) is 0 Å². The molecular formula is C12H16ClN5S. The zero-order valence-corrected chi connectivity index (χ0v) is 12.7. The van der Waals surface area contributed by atoms with Crippen molar-refractivity contribution in [3.63, 3.8) is 0 Å². The van der Waals surface area contributed by atoms with Crippen LogP contribution in [0.4, 0.5) is 10.9 Å². The van der Waals surface area contributed by atoms with E-state index in [0.29, 0.717) is 11.0 Å². The van der Waals surface area contributed by atoms with Gasteiger partial charge in [-0.15, -0.1) is 11.3 Å². The first-order valence-electron chi connectivity index (χ1n) is 5.96. The van der Waals surface area contributed by atoms with Gasteiger partial charge in [0.1, 0.15) is 16.8 Å². The van der Waals surface area contributed by atoms with Gasteiger partial charge in [0.05, 0.1) is 5.69 Å². The Labute approximate surface area is 121 Å². The molecule has 0 bridgehead atoms. The van der Waals surface area contributed by atoms with Crippen LogP contribution in [-0.4, -0.2) is 33.9 Å². The Hall–Kier alpha value is -1.24. The number of nitrogens with one attached hydrogen (secondary N) is 1. The minimum Gasteiger partial charge on any atom is -0.316 e. The number of nitrogens with zero attached hydrogens (tertiary/aromatic N) is 4. The van der Waals surface area contributed by atoms with E-state index in [1.54, 1.807) is 17.4 Å². The van der Waals surface area contributed by atoms with Crippen LogP contribution >= 0.6 is 22.9 Å². The predicted octanol–water partition coefficient (Wildman–Crippen LogP) is 2.95. The molecule has 0 atom stereocenters. The van der Waals surface area contributed by atoms with E-state index in [-0.39, 0.29) is 0 Å². The molecule has 0 fully saturated rings. The van der Waals surface area contributed by atoms with Gasteiger partial charge in [0.2, 0.25) is 0 Å². The Balaban J connectivity index is 2.12. The van der Waals surface area contributed by atoms with Gasteiger partial charge in [-0.25, -0.2) is 15.0 Å². The van der Waals surface area contributed by atoms with Gasteiger partial charge in [0.25, 0.3) is 0 Å². The lowest BCUT2D eigenvalue weighted by molar-refractivity contribution is 0.398. The zero-order valence-electron chi connectivity index (χ0n) is 11.1. The second-order valence-corrected chi connectivity index (χ2v) is 5.60. The van der Waals surface area contributed by atoms with E-state index in [1.807, 2.05) is 26.4 Å². The molecule has 0 aliphatic carbocycles. The molecular weight excluding hydrogens is 282 g/mol. The molecule has 0 radical (unpaired) electrons. The number of hydrogen-bond acceptors (Lipinski definition) is 6. The highest BCUT2D eigenvalue weighted by molar-refractivity contribution is 7.13. The molecule has 0 aromatic carbocycles. The largest absolute Gasteiger partial charge is 0.316 e. The molecule has 0 spiro atoms. The Bertz CT molecular complexity index is 555. The van der Waals surface area contributed by atoms with Gasteiger partial charge in [-0.3, -0.25) is 0 Å². The first-order valence-corrected chi connectivity index (χ1v) is 7.22. The first-order chi connectivity index (χ1) is 9.06. The number of thiazole rings is 1. The summed E-state index contributed by atoms with van der Waals surface area (Å²) in [6, 6.07) is 1.70. The SMILES string of the molecule is CCc1nc(Cl)cc(Nc2nc(CN(C)C)cs2)n1. The summed E-state index contributed by atoms with van der Waals surface area (Å²) in [5, 5.41) is 6.46. The van der Waals surface area contributed by atoms with Crippen molar-refractivity contribution >= 4 is 33.9 Å². The lowest BCUT2D eigenvalue weighted by atomic mass is 10.4. The smallest absolute Gasteiger partial charge is 0.188 e. The molecule has 2 heterocycles. The van der Waals surface area contributed by atoms with Crippen molar-refractivity contribution in [1.82, 2.24) is 19.9 Å². The van der Waals surface area contributed by atoms with Crippen LogP contribution in [0, 0.1) is 0 Å². The maximum atomic E-state index is 5.95. The summed E-state index contributed by atoms with van der Waals surface area (Å²) in [5.41, 5.74) is 1.04. The van der Waals surface area contributed by atoms with Crippen molar-refractivity contribution in [1.29, 1.82) is 0 Å². The lowest BCUT2D eigenvalue weighted by Gasteiger charge is -2.06. The van der Waals surface area contributed by atoms with Crippen molar-refractivity contribution in [2.75, 3.05) is 19.4 Å². The third-order valence-electron chi connectivity index (χ3n) is 2.32. The average molecular weight is 298 g/mol. The standard InChI is InChI=1S/C12H16ClN5S/c1-4-10-15-9(13)5-11(16-10)17-12-14-8(7-19-12)6-18(2)3/h5,7H,4,6H2,1-3H3,(H,14,15,16,17). The molecule has 0 saturated carbocycles. The molecule has 0 aliphatic heterocycles. The van der Waals surface area contributed by atoms with Gasteiger partial charge >= 0.3 is 0 Å². The third kappa shape index (κ3) is 4.12. The van der Waals surface area contributed by atoms with E-state index in [1.165, 1.54) is 0 Å².